The number of carbonyl (C=O) groups is 1. The average molecular weight is 365 g/mol. The highest BCUT2D eigenvalue weighted by molar-refractivity contribution is 7.17. The van der Waals surface area contributed by atoms with Crippen LogP contribution < -0.4 is 5.32 Å². The zero-order chi connectivity index (χ0) is 17.8. The van der Waals surface area contributed by atoms with E-state index in [2.05, 4.69) is 16.4 Å². The molecule has 25 heavy (non-hydrogen) atoms. The third-order valence-corrected chi connectivity index (χ3v) is 5.25. The van der Waals surface area contributed by atoms with Crippen LogP contribution in [0.25, 0.3) is 22.9 Å². The van der Waals surface area contributed by atoms with Gasteiger partial charge in [-0.25, -0.2) is 4.98 Å². The van der Waals surface area contributed by atoms with Crippen molar-refractivity contribution in [1.82, 2.24) is 4.98 Å². The molecule has 0 atom stereocenters. The molecule has 0 aliphatic rings. The van der Waals surface area contributed by atoms with E-state index in [9.17, 15) is 10.1 Å². The van der Waals surface area contributed by atoms with Gasteiger partial charge in [-0.2, -0.15) is 5.26 Å². The summed E-state index contributed by atoms with van der Waals surface area (Å²) in [4.78, 5) is 17.2. The summed E-state index contributed by atoms with van der Waals surface area (Å²) in [6, 6.07) is 14.0. The van der Waals surface area contributed by atoms with E-state index < -0.39 is 0 Å². The molecule has 0 unspecified atom stereocenters. The molecule has 0 fully saturated rings. The average Bonchev–Trinajstić information content (AvgIpc) is 3.23. The van der Waals surface area contributed by atoms with Crippen molar-refractivity contribution < 1.29 is 4.79 Å². The van der Waals surface area contributed by atoms with Crippen LogP contribution in [0.1, 0.15) is 22.4 Å². The molecule has 4 nitrogen and oxygen atoms in total. The largest absolute Gasteiger partial charge is 0.316 e. The third kappa shape index (κ3) is 4.02. The van der Waals surface area contributed by atoms with E-state index in [1.54, 1.807) is 11.3 Å². The highest BCUT2D eigenvalue weighted by Gasteiger charge is 2.17. The number of carbonyl (C=O) groups excluding carboxylic acids is 1. The van der Waals surface area contributed by atoms with Gasteiger partial charge in [0.05, 0.1) is 5.57 Å². The van der Waals surface area contributed by atoms with Gasteiger partial charge < -0.3 is 5.32 Å². The topological polar surface area (TPSA) is 65.8 Å². The van der Waals surface area contributed by atoms with Crippen LogP contribution in [0.5, 0.6) is 0 Å². The van der Waals surface area contributed by atoms with Crippen molar-refractivity contribution >= 4 is 45.2 Å². The maximum Gasteiger partial charge on any atom is 0.221 e. The Balaban J connectivity index is 2.08. The maximum absolute atomic E-state index is 11.5. The lowest BCUT2D eigenvalue weighted by Gasteiger charge is -2.03. The number of thiophene rings is 1. The Morgan fingerprint density at radius 3 is 2.64 bits per heavy atom. The minimum absolute atomic E-state index is 0.163. The molecule has 1 aromatic carbocycles. The standard InChI is InChI=1S/C19H15N3OS2/c1-12-5-7-14(8-6-12)17-19(21-13(2)23)25-18(22-17)15(11-20)10-16-4-3-9-24-16/h3-10H,1-2H3,(H,21,23)/b15-10+. The molecule has 3 rings (SSSR count). The second-order valence-corrected chi connectivity index (χ2v) is 7.41. The molecule has 0 aliphatic heterocycles. The van der Waals surface area contributed by atoms with Gasteiger partial charge in [-0.1, -0.05) is 47.2 Å². The number of nitrogens with zero attached hydrogens (tertiary/aromatic N) is 2. The van der Waals surface area contributed by atoms with Gasteiger partial charge >= 0.3 is 0 Å². The maximum atomic E-state index is 11.5. The van der Waals surface area contributed by atoms with E-state index in [4.69, 9.17) is 0 Å². The van der Waals surface area contributed by atoms with Crippen molar-refractivity contribution in [2.45, 2.75) is 13.8 Å². The second kappa shape index (κ2) is 7.43. The summed E-state index contributed by atoms with van der Waals surface area (Å²) in [6.45, 7) is 3.48. The van der Waals surface area contributed by atoms with Gasteiger partial charge in [0, 0.05) is 17.4 Å². The van der Waals surface area contributed by atoms with Gasteiger partial charge in [-0.3, -0.25) is 4.79 Å². The van der Waals surface area contributed by atoms with E-state index in [1.807, 2.05) is 54.8 Å². The molecule has 0 saturated carbocycles. The number of hydrogen-bond acceptors (Lipinski definition) is 5. The summed E-state index contributed by atoms with van der Waals surface area (Å²) < 4.78 is 0. The molecule has 3 aromatic rings. The predicted octanol–water partition coefficient (Wildman–Crippen LogP) is 5.20. The Kier molecular flexibility index (Phi) is 5.08. The molecule has 0 radical (unpaired) electrons. The van der Waals surface area contributed by atoms with Gasteiger partial charge in [-0.15, -0.1) is 11.3 Å². The van der Waals surface area contributed by atoms with Gasteiger partial charge in [0.1, 0.15) is 21.8 Å². The van der Waals surface area contributed by atoms with E-state index in [0.717, 1.165) is 16.0 Å². The van der Waals surface area contributed by atoms with E-state index in [-0.39, 0.29) is 5.91 Å². The van der Waals surface area contributed by atoms with Crippen LogP contribution in [0.15, 0.2) is 41.8 Å². The number of benzene rings is 1. The third-order valence-electron chi connectivity index (χ3n) is 3.42. The fraction of sp³-hybridized carbons (Fsp3) is 0.105. The first kappa shape index (κ1) is 17.1. The molecule has 0 aliphatic carbocycles. The molecule has 2 heterocycles. The van der Waals surface area contributed by atoms with Gasteiger partial charge in [0.15, 0.2) is 0 Å². The number of thiazole rings is 1. The van der Waals surface area contributed by atoms with Gasteiger partial charge in [-0.05, 0) is 24.4 Å². The Hall–Kier alpha value is -2.75. The molecule has 124 valence electrons. The van der Waals surface area contributed by atoms with Crippen LogP contribution in [0.2, 0.25) is 0 Å². The van der Waals surface area contributed by atoms with Crippen molar-refractivity contribution in [2.24, 2.45) is 0 Å². The predicted molar refractivity (Wildman–Crippen MR) is 104 cm³/mol. The molecule has 2 aromatic heterocycles. The first-order valence-corrected chi connectivity index (χ1v) is 9.27. The van der Waals surface area contributed by atoms with Crippen LogP contribution in [0.4, 0.5) is 5.00 Å². The Morgan fingerprint density at radius 1 is 1.28 bits per heavy atom. The van der Waals surface area contributed by atoms with Gasteiger partial charge in [0.2, 0.25) is 5.91 Å². The number of nitriles is 1. The highest BCUT2D eigenvalue weighted by Crippen LogP contribution is 2.36. The van der Waals surface area contributed by atoms with Crippen LogP contribution in [-0.4, -0.2) is 10.9 Å². The van der Waals surface area contributed by atoms with Crippen molar-refractivity contribution in [3.05, 3.63) is 57.2 Å². The summed E-state index contributed by atoms with van der Waals surface area (Å²) in [6.07, 6.45) is 1.82. The highest BCUT2D eigenvalue weighted by atomic mass is 32.1. The van der Waals surface area contributed by atoms with Crippen LogP contribution >= 0.6 is 22.7 Å². The molecular weight excluding hydrogens is 350 g/mol. The lowest BCUT2D eigenvalue weighted by Crippen LogP contribution is -2.05. The van der Waals surface area contributed by atoms with Crippen LogP contribution in [-0.2, 0) is 4.79 Å². The number of nitrogens with one attached hydrogen (secondary N) is 1. The Bertz CT molecular complexity index is 961. The number of amides is 1. The lowest BCUT2D eigenvalue weighted by molar-refractivity contribution is -0.114. The fourth-order valence-electron chi connectivity index (χ4n) is 2.24. The first-order valence-electron chi connectivity index (χ1n) is 7.58. The molecule has 1 N–H and O–H groups in total. The van der Waals surface area contributed by atoms with Gasteiger partial charge in [0.25, 0.3) is 0 Å². The lowest BCUT2D eigenvalue weighted by atomic mass is 10.1. The van der Waals surface area contributed by atoms with Crippen molar-refractivity contribution in [3.8, 4) is 17.3 Å². The fourth-order valence-corrected chi connectivity index (χ4v) is 3.90. The zero-order valence-electron chi connectivity index (χ0n) is 13.7. The first-order chi connectivity index (χ1) is 12.1. The summed E-state index contributed by atoms with van der Waals surface area (Å²) in [5, 5.41) is 15.6. The molecule has 0 bridgehead atoms. The number of rotatable bonds is 4. The SMILES string of the molecule is CC(=O)Nc1sc(/C(C#N)=C/c2cccs2)nc1-c1ccc(C)cc1. The normalized spacial score (nSPS) is 11.2. The van der Waals surface area contributed by atoms with Crippen LogP contribution in [0, 0.1) is 18.3 Å². The number of aryl methyl sites for hydroxylation is 1. The monoisotopic (exact) mass is 365 g/mol. The van der Waals surface area contributed by atoms with E-state index >= 15 is 0 Å². The molecule has 6 heteroatoms. The summed E-state index contributed by atoms with van der Waals surface area (Å²) >= 11 is 2.87. The number of hydrogen-bond donors (Lipinski definition) is 1. The number of allylic oxidation sites excluding steroid dienone is 1. The van der Waals surface area contributed by atoms with Crippen LogP contribution in [0.3, 0.4) is 0 Å². The molecule has 0 spiro atoms. The Labute approximate surface area is 154 Å². The van der Waals surface area contributed by atoms with Crippen molar-refractivity contribution in [1.29, 1.82) is 5.26 Å². The van der Waals surface area contributed by atoms with E-state index in [1.165, 1.54) is 18.3 Å². The summed E-state index contributed by atoms with van der Waals surface area (Å²) in [5.41, 5.74) is 3.22. The molecular formula is C19H15N3OS2. The number of aromatic nitrogens is 1. The van der Waals surface area contributed by atoms with E-state index in [0.29, 0.717) is 21.3 Å². The summed E-state index contributed by atoms with van der Waals surface area (Å²) in [5.74, 6) is -0.163. The Morgan fingerprint density at radius 2 is 2.04 bits per heavy atom. The summed E-state index contributed by atoms with van der Waals surface area (Å²) in [7, 11) is 0. The minimum atomic E-state index is -0.163. The minimum Gasteiger partial charge on any atom is -0.316 e. The second-order valence-electron chi connectivity index (χ2n) is 5.43. The smallest absolute Gasteiger partial charge is 0.221 e. The van der Waals surface area contributed by atoms with Crippen molar-refractivity contribution in [3.63, 3.8) is 0 Å². The quantitative estimate of drug-likeness (QED) is 0.646. The number of anilines is 1. The molecule has 1 amide bonds. The molecule has 0 saturated heterocycles. The van der Waals surface area contributed by atoms with Crippen molar-refractivity contribution in [2.75, 3.05) is 5.32 Å². The zero-order valence-corrected chi connectivity index (χ0v) is 15.4.